The van der Waals surface area contributed by atoms with Crippen LogP contribution in [0.25, 0.3) is 0 Å². The lowest BCUT2D eigenvalue weighted by atomic mass is 9.93. The molecule has 6 rings (SSSR count). The van der Waals surface area contributed by atoms with Crippen LogP contribution in [0, 0.1) is 11.8 Å². The molecule has 0 aliphatic heterocycles. The van der Waals surface area contributed by atoms with Gasteiger partial charge in [-0.15, -0.1) is 0 Å². The van der Waals surface area contributed by atoms with Crippen LogP contribution >= 0.6 is 0 Å². The first-order valence-corrected chi connectivity index (χ1v) is 15.2. The van der Waals surface area contributed by atoms with Crippen molar-refractivity contribution >= 4 is 15.7 Å². The summed E-state index contributed by atoms with van der Waals surface area (Å²) >= 11 is 0. The topological polar surface area (TPSA) is 67.4 Å². The Hall–Kier alpha value is -3.61. The predicted octanol–water partition coefficient (Wildman–Crippen LogP) is 6.35. The van der Waals surface area contributed by atoms with Crippen molar-refractivity contribution < 1.29 is 13.2 Å². The van der Waals surface area contributed by atoms with Gasteiger partial charge in [0.2, 0.25) is 10.0 Å². The van der Waals surface area contributed by atoms with Gasteiger partial charge in [0, 0.05) is 18.3 Å². The van der Waals surface area contributed by atoms with Gasteiger partial charge in [-0.05, 0) is 96.2 Å². The molecule has 2 N–H and O–H groups in total. The molecule has 3 unspecified atom stereocenters. The maximum atomic E-state index is 13.1. The van der Waals surface area contributed by atoms with Crippen molar-refractivity contribution in [1.29, 1.82) is 0 Å². The molecule has 6 heteroatoms. The summed E-state index contributed by atoms with van der Waals surface area (Å²) in [6.45, 7) is 1.29. The first-order valence-electron chi connectivity index (χ1n) is 13.7. The highest BCUT2D eigenvalue weighted by Gasteiger charge is 2.41. The average Bonchev–Trinajstić information content (AvgIpc) is 3.25. The van der Waals surface area contributed by atoms with Crippen LogP contribution in [0.5, 0.6) is 5.75 Å². The van der Waals surface area contributed by atoms with Crippen molar-refractivity contribution in [2.45, 2.75) is 49.8 Å². The fraction of sp³-hybridized carbons (Fsp3) is 0.273. The third-order valence-electron chi connectivity index (χ3n) is 8.11. The number of sulfonamides is 1. The van der Waals surface area contributed by atoms with Gasteiger partial charge in [0.1, 0.15) is 12.4 Å². The molecule has 200 valence electrons. The number of rotatable bonds is 9. The molecule has 4 aromatic carbocycles. The van der Waals surface area contributed by atoms with Crippen molar-refractivity contribution in [2.75, 3.05) is 5.32 Å². The number of hydrogen-bond acceptors (Lipinski definition) is 4. The Morgan fingerprint density at radius 1 is 0.718 bits per heavy atom. The van der Waals surface area contributed by atoms with E-state index in [-0.39, 0.29) is 6.04 Å². The smallest absolute Gasteiger partial charge is 0.240 e. The van der Waals surface area contributed by atoms with Crippen molar-refractivity contribution in [3.05, 3.63) is 125 Å². The van der Waals surface area contributed by atoms with Crippen LogP contribution in [0.2, 0.25) is 0 Å². The Balaban J connectivity index is 1.08. The molecule has 0 aromatic heterocycles. The Kier molecular flexibility index (Phi) is 7.40. The van der Waals surface area contributed by atoms with E-state index in [0.717, 1.165) is 49.2 Å². The maximum absolute atomic E-state index is 13.1. The number of ether oxygens (including phenoxy) is 1. The van der Waals surface area contributed by atoms with E-state index in [2.05, 4.69) is 52.5 Å². The third-order valence-corrected chi connectivity index (χ3v) is 9.58. The van der Waals surface area contributed by atoms with Crippen LogP contribution in [0.4, 0.5) is 5.69 Å². The van der Waals surface area contributed by atoms with Crippen LogP contribution in [0.3, 0.4) is 0 Å². The minimum Gasteiger partial charge on any atom is -0.489 e. The number of hydrogen-bond donors (Lipinski definition) is 2. The van der Waals surface area contributed by atoms with Gasteiger partial charge in [-0.1, -0.05) is 66.7 Å². The van der Waals surface area contributed by atoms with Crippen LogP contribution < -0.4 is 14.8 Å². The number of fused-ring (bicyclic) bond motifs is 3. The molecule has 0 spiro atoms. The summed E-state index contributed by atoms with van der Waals surface area (Å²) < 4.78 is 35.1. The molecule has 0 heterocycles. The summed E-state index contributed by atoms with van der Waals surface area (Å²) in [6.07, 6.45) is 3.94. The zero-order valence-electron chi connectivity index (χ0n) is 21.9. The molecule has 39 heavy (non-hydrogen) atoms. The van der Waals surface area contributed by atoms with Gasteiger partial charge < -0.3 is 10.1 Å². The maximum Gasteiger partial charge on any atom is 0.240 e. The highest BCUT2D eigenvalue weighted by Crippen LogP contribution is 2.41. The second-order valence-corrected chi connectivity index (χ2v) is 12.4. The molecule has 4 aromatic rings. The van der Waals surface area contributed by atoms with Crippen molar-refractivity contribution in [1.82, 2.24) is 4.72 Å². The van der Waals surface area contributed by atoms with Crippen LogP contribution in [0.15, 0.2) is 108 Å². The second-order valence-electron chi connectivity index (χ2n) is 10.7. The average molecular weight is 539 g/mol. The molecule has 2 aliphatic rings. The molecule has 2 bridgehead atoms. The number of anilines is 1. The van der Waals surface area contributed by atoms with Crippen molar-refractivity contribution in [3.8, 4) is 5.75 Å². The Labute approximate surface area is 231 Å². The zero-order valence-corrected chi connectivity index (χ0v) is 22.7. The van der Waals surface area contributed by atoms with E-state index in [4.69, 9.17) is 4.74 Å². The van der Waals surface area contributed by atoms with E-state index in [0.29, 0.717) is 23.3 Å². The Morgan fingerprint density at radius 2 is 1.38 bits per heavy atom. The molecular formula is C33H34N2O3S. The van der Waals surface area contributed by atoms with E-state index in [1.165, 1.54) is 16.7 Å². The van der Waals surface area contributed by atoms with E-state index in [9.17, 15) is 8.42 Å². The summed E-state index contributed by atoms with van der Waals surface area (Å²) in [7, 11) is -3.53. The largest absolute Gasteiger partial charge is 0.489 e. The zero-order chi connectivity index (χ0) is 26.7. The molecule has 5 nitrogen and oxygen atoms in total. The van der Waals surface area contributed by atoms with E-state index in [1.807, 2.05) is 36.4 Å². The van der Waals surface area contributed by atoms with Crippen LogP contribution in [-0.4, -0.2) is 14.5 Å². The SMILES string of the molecule is O=S(=O)(NC1C2CCC1Cc1cc(NCc3ccc(OCc4ccccc4)cc3)ccc1C2)c1ccccc1. The second kappa shape index (κ2) is 11.2. The first kappa shape index (κ1) is 25.7. The minimum absolute atomic E-state index is 0.0263. The summed E-state index contributed by atoms with van der Waals surface area (Å²) in [5.74, 6) is 1.50. The van der Waals surface area contributed by atoms with E-state index in [1.54, 1.807) is 24.3 Å². The van der Waals surface area contributed by atoms with Gasteiger partial charge in [-0.25, -0.2) is 13.1 Å². The predicted molar refractivity (Wildman–Crippen MR) is 155 cm³/mol. The lowest BCUT2D eigenvalue weighted by molar-refractivity contribution is 0.306. The lowest BCUT2D eigenvalue weighted by Gasteiger charge is -2.23. The molecular weight excluding hydrogens is 504 g/mol. The Morgan fingerprint density at radius 3 is 2.10 bits per heavy atom. The van der Waals surface area contributed by atoms with Gasteiger partial charge in [-0.2, -0.15) is 0 Å². The van der Waals surface area contributed by atoms with E-state index < -0.39 is 10.0 Å². The van der Waals surface area contributed by atoms with Gasteiger partial charge in [0.05, 0.1) is 4.90 Å². The summed E-state index contributed by atoms with van der Waals surface area (Å²) in [6, 6.07) is 33.7. The molecule has 1 fully saturated rings. The minimum atomic E-state index is -3.53. The summed E-state index contributed by atoms with van der Waals surface area (Å²) in [5, 5.41) is 3.57. The molecule has 0 radical (unpaired) electrons. The number of benzene rings is 4. The standard InChI is InChI=1S/C33H34N2O3S/c36-39(37,32-9-5-2-6-10-32)35-33-27-13-14-28(33)20-29-21-30(16-15-26(29)19-27)34-22-24-11-17-31(18-12-24)38-23-25-7-3-1-4-8-25/h1-12,15-18,21,27-28,33-35H,13-14,19-20,22-23H2. The van der Waals surface area contributed by atoms with Crippen LogP contribution in [0.1, 0.15) is 35.1 Å². The van der Waals surface area contributed by atoms with Gasteiger partial charge in [0.15, 0.2) is 0 Å². The normalized spacial score (nSPS) is 20.2. The molecule has 2 aliphatic carbocycles. The van der Waals surface area contributed by atoms with Crippen molar-refractivity contribution in [3.63, 3.8) is 0 Å². The van der Waals surface area contributed by atoms with Crippen molar-refractivity contribution in [2.24, 2.45) is 11.8 Å². The highest BCUT2D eigenvalue weighted by molar-refractivity contribution is 7.89. The summed E-state index contributed by atoms with van der Waals surface area (Å²) in [4.78, 5) is 0.341. The first-order chi connectivity index (χ1) is 19.0. The van der Waals surface area contributed by atoms with Gasteiger partial charge >= 0.3 is 0 Å². The number of nitrogens with one attached hydrogen (secondary N) is 2. The molecule has 1 saturated carbocycles. The van der Waals surface area contributed by atoms with Crippen LogP contribution in [-0.2, 0) is 36.0 Å². The quantitative estimate of drug-likeness (QED) is 0.261. The van der Waals surface area contributed by atoms with Gasteiger partial charge in [-0.3, -0.25) is 0 Å². The summed E-state index contributed by atoms with van der Waals surface area (Å²) in [5.41, 5.74) is 6.11. The molecule has 3 atom stereocenters. The highest BCUT2D eigenvalue weighted by atomic mass is 32.2. The van der Waals surface area contributed by atoms with E-state index >= 15 is 0 Å². The van der Waals surface area contributed by atoms with Gasteiger partial charge in [0.25, 0.3) is 0 Å². The molecule has 0 saturated heterocycles. The fourth-order valence-electron chi connectivity index (χ4n) is 6.01. The Bertz CT molecular complexity index is 1510. The molecule has 0 amide bonds. The monoisotopic (exact) mass is 538 g/mol. The fourth-order valence-corrected chi connectivity index (χ4v) is 7.40. The third kappa shape index (κ3) is 6.02. The lowest BCUT2D eigenvalue weighted by Crippen LogP contribution is -2.41.